The van der Waals surface area contributed by atoms with E-state index in [9.17, 15) is 29.7 Å². The van der Waals surface area contributed by atoms with Gasteiger partial charge in [0.2, 0.25) is 11.8 Å². The number of benzene rings is 3. The molecule has 0 heterocycles. The van der Waals surface area contributed by atoms with Crippen molar-refractivity contribution in [2.75, 3.05) is 10.6 Å². The summed E-state index contributed by atoms with van der Waals surface area (Å²) < 4.78 is 1.44. The molecule has 0 spiro atoms. The number of rotatable bonds is 5. The highest BCUT2D eigenvalue weighted by molar-refractivity contribution is 14.1. The van der Waals surface area contributed by atoms with E-state index in [4.69, 9.17) is 0 Å². The van der Waals surface area contributed by atoms with E-state index in [0.29, 0.717) is 22.1 Å². The molecular formula is C26H25I3N2O6. The molecule has 0 bridgehead atoms. The molecule has 2 amide bonds. The molecule has 11 heteroatoms. The summed E-state index contributed by atoms with van der Waals surface area (Å²) in [6.07, 6.45) is 0. The SMILES string of the molecule is CC(=O)Nc1c(I)c(NC(C)=O)c(I)c(C(=O)O)c1I.CC(C)(c1ccc(O)cc1)c1ccc(O)cc1. The van der Waals surface area contributed by atoms with Gasteiger partial charge in [0.25, 0.3) is 0 Å². The number of halogens is 3. The molecule has 5 N–H and O–H groups in total. The Morgan fingerprint density at radius 3 is 1.27 bits per heavy atom. The maximum atomic E-state index is 11.4. The van der Waals surface area contributed by atoms with Crippen molar-refractivity contribution < 1.29 is 29.7 Å². The molecular weight excluding hydrogens is 817 g/mol. The Morgan fingerprint density at radius 2 is 1.00 bits per heavy atom. The predicted octanol–water partition coefficient (Wildman–Crippen LogP) is 6.54. The van der Waals surface area contributed by atoms with E-state index in [1.807, 2.05) is 92.0 Å². The second-order valence-corrected chi connectivity index (χ2v) is 11.7. The van der Waals surface area contributed by atoms with Crippen molar-refractivity contribution in [1.82, 2.24) is 0 Å². The van der Waals surface area contributed by atoms with Crippen LogP contribution in [0.15, 0.2) is 48.5 Å². The van der Waals surface area contributed by atoms with Crippen LogP contribution >= 0.6 is 67.8 Å². The second kappa shape index (κ2) is 13.1. The van der Waals surface area contributed by atoms with E-state index in [1.54, 1.807) is 24.3 Å². The van der Waals surface area contributed by atoms with Crippen molar-refractivity contribution in [2.24, 2.45) is 0 Å². The van der Waals surface area contributed by atoms with Gasteiger partial charge in [-0.05, 0) is 103 Å². The Labute approximate surface area is 255 Å². The number of phenols is 2. The number of anilines is 2. The molecule has 0 aromatic heterocycles. The third-order valence-corrected chi connectivity index (χ3v) is 8.55. The van der Waals surface area contributed by atoms with E-state index >= 15 is 0 Å². The fourth-order valence-corrected chi connectivity index (χ4v) is 7.51. The lowest BCUT2D eigenvalue weighted by atomic mass is 9.78. The van der Waals surface area contributed by atoms with Crippen molar-refractivity contribution >= 4 is 96.9 Å². The fraction of sp³-hybridized carbons (Fsp3) is 0.192. The van der Waals surface area contributed by atoms with Crippen LogP contribution in [0.25, 0.3) is 0 Å². The van der Waals surface area contributed by atoms with Gasteiger partial charge in [-0.2, -0.15) is 0 Å². The maximum Gasteiger partial charge on any atom is 0.338 e. The second-order valence-electron chi connectivity index (χ2n) is 8.45. The van der Waals surface area contributed by atoms with Gasteiger partial charge in [0.15, 0.2) is 0 Å². The quantitative estimate of drug-likeness (QED) is 0.185. The van der Waals surface area contributed by atoms with Crippen molar-refractivity contribution in [3.8, 4) is 11.5 Å². The molecule has 0 radical (unpaired) electrons. The first-order chi connectivity index (χ1) is 17.2. The van der Waals surface area contributed by atoms with Gasteiger partial charge in [0.1, 0.15) is 11.5 Å². The Hall–Kier alpha value is -2.14. The minimum atomic E-state index is -1.12. The molecule has 0 saturated carbocycles. The molecule has 0 aliphatic rings. The van der Waals surface area contributed by atoms with Gasteiger partial charge in [-0.3, -0.25) is 9.59 Å². The monoisotopic (exact) mass is 842 g/mol. The highest BCUT2D eigenvalue weighted by Crippen LogP contribution is 2.39. The molecule has 0 aliphatic carbocycles. The largest absolute Gasteiger partial charge is 0.508 e. The molecule has 0 fully saturated rings. The Balaban J connectivity index is 0.000000263. The summed E-state index contributed by atoms with van der Waals surface area (Å²) in [5.74, 6) is -1.20. The molecule has 0 atom stereocenters. The van der Waals surface area contributed by atoms with Gasteiger partial charge in [0, 0.05) is 19.3 Å². The van der Waals surface area contributed by atoms with Gasteiger partial charge in [-0.25, -0.2) is 4.79 Å². The average molecular weight is 842 g/mol. The zero-order valence-corrected chi connectivity index (χ0v) is 26.8. The maximum absolute atomic E-state index is 11.4. The summed E-state index contributed by atoms with van der Waals surface area (Å²) in [6, 6.07) is 14.4. The van der Waals surface area contributed by atoms with Crippen LogP contribution in [0.5, 0.6) is 11.5 Å². The smallest absolute Gasteiger partial charge is 0.338 e. The number of phenolic OH excluding ortho intramolecular Hbond substituents is 2. The molecule has 196 valence electrons. The first-order valence-corrected chi connectivity index (χ1v) is 14.0. The van der Waals surface area contributed by atoms with Gasteiger partial charge in [0.05, 0.1) is 27.6 Å². The number of amides is 2. The number of aromatic carboxylic acids is 1. The van der Waals surface area contributed by atoms with Gasteiger partial charge >= 0.3 is 5.97 Å². The molecule has 0 saturated heterocycles. The molecule has 3 rings (SSSR count). The number of carboxylic acids is 1. The number of hydrogen-bond acceptors (Lipinski definition) is 5. The highest BCUT2D eigenvalue weighted by Gasteiger charge is 2.25. The van der Waals surface area contributed by atoms with Crippen molar-refractivity contribution in [1.29, 1.82) is 0 Å². The van der Waals surface area contributed by atoms with Crippen LogP contribution in [0.1, 0.15) is 49.2 Å². The van der Waals surface area contributed by atoms with E-state index in [2.05, 4.69) is 24.5 Å². The molecule has 8 nitrogen and oxygen atoms in total. The van der Waals surface area contributed by atoms with E-state index < -0.39 is 5.97 Å². The number of carbonyl (C=O) groups is 3. The average Bonchev–Trinajstić information content (AvgIpc) is 2.80. The first-order valence-electron chi connectivity index (χ1n) is 10.7. The summed E-state index contributed by atoms with van der Waals surface area (Å²) in [5, 5.41) is 33.1. The normalized spacial score (nSPS) is 10.7. The van der Waals surface area contributed by atoms with Crippen molar-refractivity contribution in [2.45, 2.75) is 33.1 Å². The van der Waals surface area contributed by atoms with E-state index in [1.165, 1.54) is 13.8 Å². The van der Waals surface area contributed by atoms with Crippen LogP contribution in [-0.2, 0) is 15.0 Å². The molecule has 3 aromatic rings. The van der Waals surface area contributed by atoms with Crippen LogP contribution in [-0.4, -0.2) is 33.1 Å². The summed E-state index contributed by atoms with van der Waals surface area (Å²) in [7, 11) is 0. The van der Waals surface area contributed by atoms with E-state index in [-0.39, 0.29) is 34.3 Å². The lowest BCUT2D eigenvalue weighted by molar-refractivity contribution is -0.115. The number of aromatic hydroxyl groups is 2. The predicted molar refractivity (Wildman–Crippen MR) is 169 cm³/mol. The molecule has 0 unspecified atom stereocenters. The molecule has 3 aromatic carbocycles. The third kappa shape index (κ3) is 7.92. The summed E-state index contributed by atoms with van der Waals surface area (Å²) >= 11 is 5.71. The topological polar surface area (TPSA) is 136 Å². The molecule has 37 heavy (non-hydrogen) atoms. The number of carbonyl (C=O) groups excluding carboxylic acids is 2. The first kappa shape index (κ1) is 31.1. The van der Waals surface area contributed by atoms with E-state index in [0.717, 1.165) is 11.1 Å². The standard InChI is InChI=1S/C15H16O2.C11H9I3N2O4/c1-15(2,11-3-7-13(16)8-4-11)12-5-9-14(17)10-6-12;1-3(17)15-9-6(12)5(11(19)20)7(13)10(8(9)14)16-4(2)18/h3-10,16-17H,1-2H3;1-2H3,(H,15,17)(H,16,18)(H,19,20). The number of carboxylic acid groups (broad SMARTS) is 1. The zero-order chi connectivity index (χ0) is 28.1. The summed E-state index contributed by atoms with van der Waals surface area (Å²) in [6.45, 7) is 6.91. The van der Waals surface area contributed by atoms with Gasteiger partial charge in [-0.15, -0.1) is 0 Å². The molecule has 0 aliphatic heterocycles. The van der Waals surface area contributed by atoms with Crippen LogP contribution in [0, 0.1) is 10.7 Å². The fourth-order valence-electron chi connectivity index (χ4n) is 3.35. The van der Waals surface area contributed by atoms with Gasteiger partial charge in [-0.1, -0.05) is 38.1 Å². The third-order valence-electron chi connectivity index (χ3n) is 5.31. The Bertz CT molecular complexity index is 1230. The van der Waals surface area contributed by atoms with Crippen LogP contribution in [0.4, 0.5) is 11.4 Å². The Morgan fingerprint density at radius 1 is 0.676 bits per heavy atom. The van der Waals surface area contributed by atoms with Crippen LogP contribution < -0.4 is 10.6 Å². The summed E-state index contributed by atoms with van der Waals surface area (Å²) in [4.78, 5) is 33.9. The van der Waals surface area contributed by atoms with Gasteiger partial charge < -0.3 is 26.0 Å². The minimum Gasteiger partial charge on any atom is -0.508 e. The van der Waals surface area contributed by atoms with Crippen LogP contribution in [0.2, 0.25) is 0 Å². The number of hydrogen-bond donors (Lipinski definition) is 5. The van der Waals surface area contributed by atoms with Crippen molar-refractivity contribution in [3.05, 3.63) is 75.9 Å². The van der Waals surface area contributed by atoms with Crippen molar-refractivity contribution in [3.63, 3.8) is 0 Å². The number of nitrogens with one attached hydrogen (secondary N) is 2. The highest BCUT2D eigenvalue weighted by atomic mass is 127. The Kier molecular flexibility index (Phi) is 11.0. The summed E-state index contributed by atoms with van der Waals surface area (Å²) in [5.41, 5.74) is 2.93. The zero-order valence-electron chi connectivity index (χ0n) is 20.3. The van der Waals surface area contributed by atoms with Crippen LogP contribution in [0.3, 0.4) is 0 Å². The lowest BCUT2D eigenvalue weighted by Gasteiger charge is -2.26. The minimum absolute atomic E-state index is 0.0547. The lowest BCUT2D eigenvalue weighted by Crippen LogP contribution is -2.18.